The quantitative estimate of drug-likeness (QED) is 0.0559. The second-order valence-electron chi connectivity index (χ2n) is 13.0. The molecule has 0 aliphatic heterocycles. The summed E-state index contributed by atoms with van der Waals surface area (Å²) >= 11 is 0. The molecular formula is C36H75O4P. The van der Waals surface area contributed by atoms with Gasteiger partial charge in [-0.05, 0) is 12.8 Å². The molecule has 1 atom stereocenters. The summed E-state index contributed by atoms with van der Waals surface area (Å²) in [7, 11) is -4.40. The Bertz CT molecular complexity index is 536. The highest BCUT2D eigenvalue weighted by atomic mass is 31.2. The second-order valence-corrected chi connectivity index (χ2v) is 14.2. The van der Waals surface area contributed by atoms with Crippen LogP contribution in [0.3, 0.4) is 0 Å². The zero-order valence-electron chi connectivity index (χ0n) is 28.1. The molecule has 0 radical (unpaired) electrons. The lowest BCUT2D eigenvalue weighted by Gasteiger charge is -2.18. The van der Waals surface area contributed by atoms with E-state index in [2.05, 4.69) is 13.8 Å². The summed E-state index contributed by atoms with van der Waals surface area (Å²) in [5, 5.41) is 0. The van der Waals surface area contributed by atoms with E-state index < -0.39 is 7.82 Å². The van der Waals surface area contributed by atoms with Crippen LogP contribution in [0.25, 0.3) is 0 Å². The minimum Gasteiger partial charge on any atom is -0.303 e. The van der Waals surface area contributed by atoms with Gasteiger partial charge in [0.2, 0.25) is 0 Å². The molecule has 0 saturated heterocycles. The fourth-order valence-corrected chi connectivity index (χ4v) is 6.71. The van der Waals surface area contributed by atoms with Gasteiger partial charge in [0.1, 0.15) is 0 Å². The predicted octanol–water partition coefficient (Wildman–Crippen LogP) is 13.4. The molecule has 0 heterocycles. The highest BCUT2D eigenvalue weighted by Gasteiger charge is 2.21. The Morgan fingerprint density at radius 2 is 0.585 bits per heavy atom. The maximum Gasteiger partial charge on any atom is 0.469 e. The van der Waals surface area contributed by atoms with Crippen molar-refractivity contribution in [3.05, 3.63) is 0 Å². The van der Waals surface area contributed by atoms with Crippen molar-refractivity contribution in [3.8, 4) is 0 Å². The van der Waals surface area contributed by atoms with Crippen molar-refractivity contribution >= 4 is 7.82 Å². The summed E-state index contributed by atoms with van der Waals surface area (Å²) in [5.41, 5.74) is 0. The van der Waals surface area contributed by atoms with Crippen LogP contribution in [0.5, 0.6) is 0 Å². The lowest BCUT2D eigenvalue weighted by atomic mass is 10.0. The van der Waals surface area contributed by atoms with Gasteiger partial charge in [-0.1, -0.05) is 213 Å². The lowest BCUT2D eigenvalue weighted by molar-refractivity contribution is 0.115. The highest BCUT2D eigenvalue weighted by Crippen LogP contribution is 2.39. The van der Waals surface area contributed by atoms with Crippen molar-refractivity contribution in [1.82, 2.24) is 0 Å². The number of phosphoric ester groups is 1. The van der Waals surface area contributed by atoms with Crippen LogP contribution in [0.4, 0.5) is 0 Å². The Labute approximate surface area is 258 Å². The van der Waals surface area contributed by atoms with Crippen molar-refractivity contribution in [3.63, 3.8) is 0 Å². The Morgan fingerprint density at radius 3 is 0.780 bits per heavy atom. The second kappa shape index (κ2) is 33.0. The zero-order valence-corrected chi connectivity index (χ0v) is 29.0. The first kappa shape index (κ1) is 41.1. The molecular weight excluding hydrogens is 527 g/mol. The van der Waals surface area contributed by atoms with Crippen molar-refractivity contribution in [2.24, 2.45) is 0 Å². The van der Waals surface area contributed by atoms with Gasteiger partial charge in [-0.15, -0.1) is 0 Å². The first-order valence-electron chi connectivity index (χ1n) is 18.7. The van der Waals surface area contributed by atoms with Gasteiger partial charge >= 0.3 is 7.82 Å². The van der Waals surface area contributed by atoms with E-state index in [0.29, 0.717) is 0 Å². The number of phosphoric acid groups is 1. The molecule has 0 aliphatic carbocycles. The molecule has 5 heteroatoms. The molecule has 0 aromatic rings. The van der Waals surface area contributed by atoms with Gasteiger partial charge in [0.25, 0.3) is 0 Å². The normalized spacial score (nSPS) is 12.8. The first-order valence-corrected chi connectivity index (χ1v) is 20.3. The van der Waals surface area contributed by atoms with Crippen molar-refractivity contribution in [2.75, 3.05) is 0 Å². The molecule has 0 bridgehead atoms. The molecule has 0 fully saturated rings. The van der Waals surface area contributed by atoms with Crippen LogP contribution in [0.2, 0.25) is 0 Å². The van der Waals surface area contributed by atoms with E-state index in [1.807, 2.05) is 0 Å². The summed E-state index contributed by atoms with van der Waals surface area (Å²) in [5.74, 6) is 0. The monoisotopic (exact) mass is 603 g/mol. The SMILES string of the molecule is CCCCCCCCCCCCCCCCCCC(CCCCCCCCCCCCCCCCC)OP(=O)(O)O. The maximum absolute atomic E-state index is 11.4. The third-order valence-corrected chi connectivity index (χ3v) is 9.37. The van der Waals surface area contributed by atoms with E-state index in [4.69, 9.17) is 4.52 Å². The van der Waals surface area contributed by atoms with Crippen LogP contribution in [-0.4, -0.2) is 15.9 Å². The third kappa shape index (κ3) is 36.2. The fourth-order valence-electron chi connectivity index (χ4n) is 6.11. The molecule has 0 amide bonds. The summed E-state index contributed by atoms with van der Waals surface area (Å²) in [6.45, 7) is 4.56. The van der Waals surface area contributed by atoms with Crippen LogP contribution >= 0.6 is 7.82 Å². The van der Waals surface area contributed by atoms with E-state index in [-0.39, 0.29) is 6.10 Å². The molecule has 0 saturated carbocycles. The molecule has 0 spiro atoms. The van der Waals surface area contributed by atoms with Gasteiger partial charge in [-0.2, -0.15) is 0 Å². The van der Waals surface area contributed by atoms with E-state index in [1.54, 1.807) is 0 Å². The molecule has 0 aliphatic rings. The molecule has 41 heavy (non-hydrogen) atoms. The molecule has 4 nitrogen and oxygen atoms in total. The minimum absolute atomic E-state index is 0.288. The Hall–Kier alpha value is 0.110. The van der Waals surface area contributed by atoms with Crippen molar-refractivity contribution < 1.29 is 18.9 Å². The number of hydrogen-bond donors (Lipinski definition) is 2. The number of rotatable bonds is 35. The Morgan fingerprint density at radius 1 is 0.390 bits per heavy atom. The third-order valence-electron chi connectivity index (χ3n) is 8.80. The van der Waals surface area contributed by atoms with Crippen LogP contribution < -0.4 is 0 Å². The van der Waals surface area contributed by atoms with Gasteiger partial charge in [0.15, 0.2) is 0 Å². The van der Waals surface area contributed by atoms with Crippen molar-refractivity contribution in [2.45, 2.75) is 232 Å². The lowest BCUT2D eigenvalue weighted by Crippen LogP contribution is -2.11. The summed E-state index contributed by atoms with van der Waals surface area (Å²) in [6, 6.07) is 0. The number of hydrogen-bond acceptors (Lipinski definition) is 2. The molecule has 1 unspecified atom stereocenters. The minimum atomic E-state index is -4.40. The maximum atomic E-state index is 11.4. The molecule has 0 aromatic carbocycles. The standard InChI is InChI=1S/C36H75O4P/c1-3-5-7-9-11-13-15-17-19-21-23-25-27-29-31-33-35-36(40-41(37,38)39)34-32-30-28-26-24-22-20-18-16-14-12-10-8-6-4-2/h36H,3-35H2,1-2H3,(H2,37,38,39). The van der Waals surface area contributed by atoms with Gasteiger partial charge in [-0.3, -0.25) is 4.52 Å². The Balaban J connectivity index is 3.58. The summed E-state index contributed by atoms with van der Waals surface area (Å²) < 4.78 is 16.6. The van der Waals surface area contributed by atoms with Crippen molar-refractivity contribution in [1.29, 1.82) is 0 Å². The topological polar surface area (TPSA) is 66.8 Å². The highest BCUT2D eigenvalue weighted by molar-refractivity contribution is 7.46. The first-order chi connectivity index (χ1) is 20.0. The smallest absolute Gasteiger partial charge is 0.303 e. The zero-order chi connectivity index (χ0) is 30.1. The van der Waals surface area contributed by atoms with Gasteiger partial charge in [0, 0.05) is 0 Å². The van der Waals surface area contributed by atoms with Gasteiger partial charge in [0.05, 0.1) is 6.10 Å². The predicted molar refractivity (Wildman–Crippen MR) is 181 cm³/mol. The summed E-state index contributed by atoms with van der Waals surface area (Å²) in [6.07, 6.45) is 42.7. The van der Waals surface area contributed by atoms with E-state index in [0.717, 1.165) is 38.5 Å². The largest absolute Gasteiger partial charge is 0.469 e. The fraction of sp³-hybridized carbons (Fsp3) is 1.00. The van der Waals surface area contributed by atoms with Crippen LogP contribution in [0, 0.1) is 0 Å². The van der Waals surface area contributed by atoms with Gasteiger partial charge in [-0.25, -0.2) is 4.57 Å². The van der Waals surface area contributed by atoms with E-state index in [9.17, 15) is 14.4 Å². The molecule has 2 N–H and O–H groups in total. The average Bonchev–Trinajstić information content (AvgIpc) is 2.94. The van der Waals surface area contributed by atoms with Crippen LogP contribution in [-0.2, 0) is 9.09 Å². The van der Waals surface area contributed by atoms with E-state index >= 15 is 0 Å². The van der Waals surface area contributed by atoms with E-state index in [1.165, 1.54) is 173 Å². The average molecular weight is 603 g/mol. The molecule has 248 valence electrons. The van der Waals surface area contributed by atoms with Crippen LogP contribution in [0.1, 0.15) is 226 Å². The number of unbranched alkanes of at least 4 members (excludes halogenated alkanes) is 29. The molecule has 0 rings (SSSR count). The van der Waals surface area contributed by atoms with Gasteiger partial charge < -0.3 is 9.79 Å². The molecule has 0 aromatic heterocycles. The summed E-state index contributed by atoms with van der Waals surface area (Å²) in [4.78, 5) is 18.7. The van der Waals surface area contributed by atoms with Crippen LogP contribution in [0.15, 0.2) is 0 Å². The Kier molecular flexibility index (Phi) is 33.1.